The van der Waals surface area contributed by atoms with Crippen molar-refractivity contribution in [1.29, 1.82) is 0 Å². The molecule has 0 aliphatic heterocycles. The first-order valence-electron chi connectivity index (χ1n) is 5.06. The topological polar surface area (TPSA) is 40.5 Å². The van der Waals surface area contributed by atoms with Crippen LogP contribution in [0.2, 0.25) is 0 Å². The molecule has 2 heteroatoms. The largest absolute Gasteiger partial charge is 0.392 e. The highest BCUT2D eigenvalue weighted by atomic mass is 16.3. The number of aliphatic hydroxyl groups excluding tert-OH is 1. The summed E-state index contributed by atoms with van der Waals surface area (Å²) in [5.74, 6) is 0. The molecule has 0 spiro atoms. The van der Waals surface area contributed by atoms with Gasteiger partial charge in [-0.05, 0) is 25.2 Å². The molecule has 0 aromatic heterocycles. The number of hydrogen-bond donors (Lipinski definition) is 2. The van der Waals surface area contributed by atoms with Crippen molar-refractivity contribution < 1.29 is 10.2 Å². The summed E-state index contributed by atoms with van der Waals surface area (Å²) in [6, 6.07) is 0. The summed E-state index contributed by atoms with van der Waals surface area (Å²) in [4.78, 5) is 0. The van der Waals surface area contributed by atoms with E-state index in [2.05, 4.69) is 13.8 Å². The second-order valence-electron chi connectivity index (χ2n) is 5.08. The third-order valence-electron chi connectivity index (χ3n) is 2.53. The van der Waals surface area contributed by atoms with Gasteiger partial charge in [-0.3, -0.25) is 0 Å². The van der Waals surface area contributed by atoms with Crippen molar-refractivity contribution in [1.82, 2.24) is 0 Å². The van der Waals surface area contributed by atoms with E-state index in [1.54, 1.807) is 12.2 Å². The molecule has 0 fully saturated rings. The zero-order valence-corrected chi connectivity index (χ0v) is 9.25. The zero-order chi connectivity index (χ0) is 10.8. The van der Waals surface area contributed by atoms with Gasteiger partial charge >= 0.3 is 0 Å². The number of rotatable bonds is 2. The van der Waals surface area contributed by atoms with Crippen LogP contribution in [-0.4, -0.2) is 22.4 Å². The van der Waals surface area contributed by atoms with Crippen LogP contribution in [0.4, 0.5) is 0 Å². The van der Waals surface area contributed by atoms with E-state index < -0.39 is 5.60 Å². The quantitative estimate of drug-likeness (QED) is 0.663. The molecule has 0 saturated heterocycles. The van der Waals surface area contributed by atoms with Crippen molar-refractivity contribution in [3.05, 3.63) is 23.8 Å². The van der Waals surface area contributed by atoms with Gasteiger partial charge < -0.3 is 10.2 Å². The summed E-state index contributed by atoms with van der Waals surface area (Å²) < 4.78 is 0. The van der Waals surface area contributed by atoms with Gasteiger partial charge in [0, 0.05) is 0 Å². The van der Waals surface area contributed by atoms with Crippen LogP contribution >= 0.6 is 0 Å². The first-order valence-corrected chi connectivity index (χ1v) is 5.06. The van der Waals surface area contributed by atoms with Crippen LogP contribution < -0.4 is 0 Å². The van der Waals surface area contributed by atoms with E-state index in [1.165, 1.54) is 5.57 Å². The summed E-state index contributed by atoms with van der Waals surface area (Å²) in [7, 11) is 0. The molecule has 2 N–H and O–H groups in total. The van der Waals surface area contributed by atoms with Crippen LogP contribution in [0.3, 0.4) is 0 Å². The van der Waals surface area contributed by atoms with Gasteiger partial charge in [0.25, 0.3) is 0 Å². The second kappa shape index (κ2) is 3.87. The Morgan fingerprint density at radius 1 is 1.50 bits per heavy atom. The second-order valence-corrected chi connectivity index (χ2v) is 5.08. The molecule has 1 aliphatic rings. The molecule has 0 bridgehead atoms. The van der Waals surface area contributed by atoms with E-state index >= 15 is 0 Å². The minimum atomic E-state index is -0.867. The molecular weight excluding hydrogens is 176 g/mol. The highest BCUT2D eigenvalue weighted by Crippen LogP contribution is 2.40. The van der Waals surface area contributed by atoms with E-state index in [-0.39, 0.29) is 12.0 Å². The lowest BCUT2D eigenvalue weighted by Crippen LogP contribution is -2.35. The molecule has 0 aromatic carbocycles. The molecule has 0 radical (unpaired) electrons. The standard InChI is InChI=1S/C12H20O2/c1-10-7-11(2,3)9-12(14,8-10)5-4-6-13/h4-5,8,13-14H,6-7,9H2,1-3H3/b5-4-. The Bertz CT molecular complexity index is 263. The van der Waals surface area contributed by atoms with Gasteiger partial charge in [-0.2, -0.15) is 0 Å². The lowest BCUT2D eigenvalue weighted by Gasteiger charge is -2.38. The van der Waals surface area contributed by atoms with Crippen molar-refractivity contribution in [2.75, 3.05) is 6.61 Å². The van der Waals surface area contributed by atoms with Crippen molar-refractivity contribution in [3.8, 4) is 0 Å². The number of hydrogen-bond acceptors (Lipinski definition) is 2. The van der Waals surface area contributed by atoms with Gasteiger partial charge in [-0.25, -0.2) is 0 Å². The van der Waals surface area contributed by atoms with E-state index in [0.717, 1.165) is 6.42 Å². The first kappa shape index (κ1) is 11.5. The third-order valence-corrected chi connectivity index (χ3v) is 2.53. The van der Waals surface area contributed by atoms with Crippen molar-refractivity contribution in [2.24, 2.45) is 5.41 Å². The van der Waals surface area contributed by atoms with Gasteiger partial charge in [0.1, 0.15) is 5.60 Å². The molecule has 0 heterocycles. The van der Waals surface area contributed by atoms with Crippen molar-refractivity contribution in [2.45, 2.75) is 39.2 Å². The van der Waals surface area contributed by atoms with E-state index in [4.69, 9.17) is 5.11 Å². The summed E-state index contributed by atoms with van der Waals surface area (Å²) in [6.07, 6.45) is 6.93. The van der Waals surface area contributed by atoms with E-state index in [1.807, 2.05) is 13.0 Å². The number of aliphatic hydroxyl groups is 2. The molecule has 2 nitrogen and oxygen atoms in total. The Morgan fingerprint density at radius 3 is 2.64 bits per heavy atom. The fraction of sp³-hybridized carbons (Fsp3) is 0.667. The molecule has 1 unspecified atom stereocenters. The van der Waals surface area contributed by atoms with E-state index in [9.17, 15) is 5.11 Å². The molecule has 14 heavy (non-hydrogen) atoms. The lowest BCUT2D eigenvalue weighted by atomic mass is 9.71. The van der Waals surface area contributed by atoms with Crippen LogP contribution in [0, 0.1) is 5.41 Å². The van der Waals surface area contributed by atoms with Gasteiger partial charge in [-0.1, -0.05) is 37.6 Å². The van der Waals surface area contributed by atoms with Crippen molar-refractivity contribution >= 4 is 0 Å². The Kier molecular flexibility index (Phi) is 3.17. The minimum Gasteiger partial charge on any atom is -0.392 e. The monoisotopic (exact) mass is 196 g/mol. The maximum Gasteiger partial charge on any atom is 0.102 e. The molecular formula is C12H20O2. The SMILES string of the molecule is CC1=CC(O)(/C=C\CO)CC(C)(C)C1. The molecule has 0 saturated carbocycles. The lowest BCUT2D eigenvalue weighted by molar-refractivity contribution is 0.0726. The summed E-state index contributed by atoms with van der Waals surface area (Å²) in [5, 5.41) is 18.9. The molecule has 0 amide bonds. The van der Waals surface area contributed by atoms with Crippen LogP contribution in [-0.2, 0) is 0 Å². The van der Waals surface area contributed by atoms with Gasteiger partial charge in [0.2, 0.25) is 0 Å². The smallest absolute Gasteiger partial charge is 0.102 e. The van der Waals surface area contributed by atoms with E-state index in [0.29, 0.717) is 6.42 Å². The fourth-order valence-corrected chi connectivity index (χ4v) is 2.48. The zero-order valence-electron chi connectivity index (χ0n) is 9.25. The first-order chi connectivity index (χ1) is 6.37. The third kappa shape index (κ3) is 2.96. The maximum absolute atomic E-state index is 10.2. The molecule has 0 aromatic rings. The Balaban J connectivity index is 2.89. The molecule has 1 rings (SSSR count). The van der Waals surface area contributed by atoms with Crippen LogP contribution in [0.5, 0.6) is 0 Å². The summed E-state index contributed by atoms with van der Waals surface area (Å²) >= 11 is 0. The highest BCUT2D eigenvalue weighted by molar-refractivity contribution is 5.23. The maximum atomic E-state index is 10.2. The summed E-state index contributed by atoms with van der Waals surface area (Å²) in [6.45, 7) is 6.33. The van der Waals surface area contributed by atoms with Crippen LogP contribution in [0.25, 0.3) is 0 Å². The van der Waals surface area contributed by atoms with Gasteiger partial charge in [-0.15, -0.1) is 0 Å². The highest BCUT2D eigenvalue weighted by Gasteiger charge is 2.34. The molecule has 1 aliphatic carbocycles. The average Bonchev–Trinajstić information content (AvgIpc) is 1.96. The Hall–Kier alpha value is -0.600. The van der Waals surface area contributed by atoms with Crippen LogP contribution in [0.1, 0.15) is 33.6 Å². The van der Waals surface area contributed by atoms with Gasteiger partial charge in [0.15, 0.2) is 0 Å². The summed E-state index contributed by atoms with van der Waals surface area (Å²) in [5.41, 5.74) is 0.480. The Labute approximate surface area is 86.0 Å². The Morgan fingerprint density at radius 2 is 2.14 bits per heavy atom. The van der Waals surface area contributed by atoms with Gasteiger partial charge in [0.05, 0.1) is 6.61 Å². The molecule has 1 atom stereocenters. The molecule has 80 valence electrons. The fourth-order valence-electron chi connectivity index (χ4n) is 2.48. The predicted octanol–water partition coefficient (Wildman–Crippen LogP) is 2.03. The minimum absolute atomic E-state index is 0.0182. The number of allylic oxidation sites excluding steroid dienone is 1. The predicted molar refractivity (Wildman–Crippen MR) is 57.9 cm³/mol. The average molecular weight is 196 g/mol. The van der Waals surface area contributed by atoms with Crippen molar-refractivity contribution in [3.63, 3.8) is 0 Å². The van der Waals surface area contributed by atoms with Crippen LogP contribution in [0.15, 0.2) is 23.8 Å². The normalized spacial score (nSPS) is 31.9.